The predicted molar refractivity (Wildman–Crippen MR) is 106 cm³/mol. The standard InChI is InChI=1S/C16H19N7O2S2/c1-5-13-6-7-14(27-13)8-17-22-12(4)18-19-16(22)26-9-21-11(3)15(23(24)25)10(2)20-21/h6-8H,5,9H2,1-4H3/b17-8+. The molecule has 0 aromatic carbocycles. The second kappa shape index (κ2) is 8.01. The molecule has 3 heterocycles. The normalized spacial score (nSPS) is 11.6. The van der Waals surface area contributed by atoms with E-state index in [9.17, 15) is 10.1 Å². The number of hydrogen-bond donors (Lipinski definition) is 0. The Morgan fingerprint density at radius 3 is 2.74 bits per heavy atom. The molecule has 0 amide bonds. The van der Waals surface area contributed by atoms with Crippen LogP contribution < -0.4 is 0 Å². The molecule has 27 heavy (non-hydrogen) atoms. The van der Waals surface area contributed by atoms with Crippen LogP contribution in [0.3, 0.4) is 0 Å². The van der Waals surface area contributed by atoms with E-state index in [0.717, 1.165) is 11.3 Å². The Morgan fingerprint density at radius 1 is 1.33 bits per heavy atom. The van der Waals surface area contributed by atoms with Gasteiger partial charge in [0.15, 0.2) is 5.82 Å². The molecule has 0 aliphatic rings. The molecule has 0 saturated heterocycles. The molecule has 3 rings (SSSR count). The molecule has 0 aliphatic carbocycles. The Bertz CT molecular complexity index is 1000. The number of nitrogens with zero attached hydrogens (tertiary/aromatic N) is 7. The number of aromatic nitrogens is 5. The van der Waals surface area contributed by atoms with Crippen LogP contribution in [0.15, 0.2) is 22.4 Å². The Hall–Kier alpha value is -2.53. The molecular weight excluding hydrogens is 386 g/mol. The van der Waals surface area contributed by atoms with Crippen LogP contribution in [0.2, 0.25) is 0 Å². The van der Waals surface area contributed by atoms with Crippen molar-refractivity contribution in [3.05, 3.63) is 49.2 Å². The third kappa shape index (κ3) is 4.08. The van der Waals surface area contributed by atoms with E-state index < -0.39 is 4.92 Å². The largest absolute Gasteiger partial charge is 0.312 e. The molecule has 0 N–H and O–H groups in total. The lowest BCUT2D eigenvalue weighted by Crippen LogP contribution is -2.02. The Morgan fingerprint density at radius 2 is 2.11 bits per heavy atom. The summed E-state index contributed by atoms with van der Waals surface area (Å²) in [5.74, 6) is 1.05. The van der Waals surface area contributed by atoms with Crippen LogP contribution in [-0.2, 0) is 12.3 Å². The van der Waals surface area contributed by atoms with Crippen molar-refractivity contribution in [2.45, 2.75) is 45.1 Å². The fourth-order valence-electron chi connectivity index (χ4n) is 2.53. The fraction of sp³-hybridized carbons (Fsp3) is 0.375. The van der Waals surface area contributed by atoms with E-state index in [1.54, 1.807) is 40.8 Å². The smallest absolute Gasteiger partial charge is 0.258 e. The van der Waals surface area contributed by atoms with Crippen LogP contribution >= 0.6 is 23.1 Å². The zero-order valence-corrected chi connectivity index (χ0v) is 17.0. The van der Waals surface area contributed by atoms with E-state index in [0.29, 0.717) is 28.2 Å². The molecular formula is C16H19N7O2S2. The zero-order chi connectivity index (χ0) is 19.6. The van der Waals surface area contributed by atoms with E-state index in [1.165, 1.54) is 16.6 Å². The summed E-state index contributed by atoms with van der Waals surface area (Å²) in [5.41, 5.74) is 0.968. The summed E-state index contributed by atoms with van der Waals surface area (Å²) in [6, 6.07) is 4.13. The third-order valence-corrected chi connectivity index (χ3v) is 5.99. The van der Waals surface area contributed by atoms with Crippen LogP contribution in [0.1, 0.15) is 33.9 Å². The van der Waals surface area contributed by atoms with E-state index in [1.807, 2.05) is 13.0 Å². The second-order valence-corrected chi connectivity index (χ2v) is 7.91. The molecule has 11 heteroatoms. The van der Waals surface area contributed by atoms with Crippen LogP contribution in [0.25, 0.3) is 0 Å². The number of nitro groups is 1. The average molecular weight is 406 g/mol. The zero-order valence-electron chi connectivity index (χ0n) is 15.4. The Balaban J connectivity index is 1.77. The van der Waals surface area contributed by atoms with Gasteiger partial charge >= 0.3 is 5.69 Å². The average Bonchev–Trinajstić information content (AvgIpc) is 3.29. The first-order valence-corrected chi connectivity index (χ1v) is 10.1. The van der Waals surface area contributed by atoms with Crippen LogP contribution in [-0.4, -0.2) is 35.8 Å². The van der Waals surface area contributed by atoms with Gasteiger partial charge < -0.3 is 0 Å². The lowest BCUT2D eigenvalue weighted by molar-refractivity contribution is -0.386. The lowest BCUT2D eigenvalue weighted by Gasteiger charge is -2.03. The first kappa shape index (κ1) is 19.2. The predicted octanol–water partition coefficient (Wildman–Crippen LogP) is 3.56. The number of hydrogen-bond acceptors (Lipinski definition) is 8. The molecule has 9 nitrogen and oxygen atoms in total. The van der Waals surface area contributed by atoms with Crippen molar-refractivity contribution < 1.29 is 4.92 Å². The van der Waals surface area contributed by atoms with Gasteiger partial charge in [0.1, 0.15) is 11.4 Å². The lowest BCUT2D eigenvalue weighted by atomic mass is 10.3. The fourth-order valence-corrected chi connectivity index (χ4v) is 4.23. The second-order valence-electron chi connectivity index (χ2n) is 5.79. The maximum absolute atomic E-state index is 11.1. The number of thioether (sulfide) groups is 1. The monoisotopic (exact) mass is 405 g/mol. The molecule has 3 aromatic rings. The molecule has 142 valence electrons. The molecule has 0 radical (unpaired) electrons. The summed E-state index contributed by atoms with van der Waals surface area (Å²) < 4.78 is 3.26. The van der Waals surface area contributed by atoms with Gasteiger partial charge in [0, 0.05) is 9.75 Å². The van der Waals surface area contributed by atoms with Gasteiger partial charge in [0.05, 0.1) is 17.0 Å². The first-order chi connectivity index (χ1) is 12.9. The highest BCUT2D eigenvalue weighted by atomic mass is 32.2. The van der Waals surface area contributed by atoms with Crippen molar-refractivity contribution in [1.29, 1.82) is 0 Å². The van der Waals surface area contributed by atoms with Gasteiger partial charge in [-0.05, 0) is 39.3 Å². The van der Waals surface area contributed by atoms with Gasteiger partial charge in [0.25, 0.3) is 0 Å². The molecule has 0 saturated carbocycles. The van der Waals surface area contributed by atoms with Crippen molar-refractivity contribution in [2.75, 3.05) is 0 Å². The molecule has 0 unspecified atom stereocenters. The molecule has 0 bridgehead atoms. The van der Waals surface area contributed by atoms with E-state index >= 15 is 0 Å². The summed E-state index contributed by atoms with van der Waals surface area (Å²) in [5, 5.41) is 28.7. The first-order valence-electron chi connectivity index (χ1n) is 8.27. The van der Waals surface area contributed by atoms with Gasteiger partial charge in [-0.15, -0.1) is 21.5 Å². The van der Waals surface area contributed by atoms with Crippen molar-refractivity contribution in [3.63, 3.8) is 0 Å². The van der Waals surface area contributed by atoms with Gasteiger partial charge in [-0.2, -0.15) is 14.9 Å². The summed E-state index contributed by atoms with van der Waals surface area (Å²) in [6.45, 7) is 7.27. The summed E-state index contributed by atoms with van der Waals surface area (Å²) in [6.07, 6.45) is 2.79. The van der Waals surface area contributed by atoms with Crippen LogP contribution in [0.4, 0.5) is 5.69 Å². The molecule has 3 aromatic heterocycles. The number of aryl methyl sites for hydroxylation is 3. The summed E-state index contributed by atoms with van der Waals surface area (Å²) in [4.78, 5) is 13.1. The molecule has 0 aliphatic heterocycles. The van der Waals surface area contributed by atoms with Gasteiger partial charge in [0.2, 0.25) is 5.16 Å². The minimum atomic E-state index is -0.401. The van der Waals surface area contributed by atoms with E-state index in [2.05, 4.69) is 33.4 Å². The quantitative estimate of drug-likeness (QED) is 0.258. The highest BCUT2D eigenvalue weighted by Gasteiger charge is 2.22. The highest BCUT2D eigenvalue weighted by Crippen LogP contribution is 2.25. The van der Waals surface area contributed by atoms with Crippen molar-refractivity contribution in [3.8, 4) is 0 Å². The van der Waals surface area contributed by atoms with Crippen molar-refractivity contribution in [2.24, 2.45) is 5.10 Å². The van der Waals surface area contributed by atoms with E-state index in [4.69, 9.17) is 0 Å². The molecule has 0 fully saturated rings. The molecule has 0 atom stereocenters. The maximum Gasteiger partial charge on any atom is 0.312 e. The minimum Gasteiger partial charge on any atom is -0.258 e. The van der Waals surface area contributed by atoms with Crippen LogP contribution in [0.5, 0.6) is 0 Å². The SMILES string of the molecule is CCc1ccc(/C=N/n2c(C)nnc2SCn2nc(C)c([N+](=O)[O-])c2C)s1. The van der Waals surface area contributed by atoms with Gasteiger partial charge in [-0.3, -0.25) is 14.8 Å². The van der Waals surface area contributed by atoms with Gasteiger partial charge in [-0.1, -0.05) is 18.7 Å². The topological polar surface area (TPSA) is 104 Å². The number of rotatable bonds is 7. The number of thiophene rings is 1. The summed E-state index contributed by atoms with van der Waals surface area (Å²) in [7, 11) is 0. The van der Waals surface area contributed by atoms with Crippen LogP contribution in [0, 0.1) is 30.9 Å². The third-order valence-electron chi connectivity index (χ3n) is 3.94. The highest BCUT2D eigenvalue weighted by molar-refractivity contribution is 7.98. The summed E-state index contributed by atoms with van der Waals surface area (Å²) >= 11 is 3.07. The minimum absolute atomic E-state index is 0.0516. The van der Waals surface area contributed by atoms with E-state index in [-0.39, 0.29) is 5.69 Å². The van der Waals surface area contributed by atoms with Crippen molar-refractivity contribution in [1.82, 2.24) is 24.7 Å². The Labute approximate surface area is 164 Å². The van der Waals surface area contributed by atoms with Gasteiger partial charge in [-0.25, -0.2) is 0 Å². The Kier molecular flexibility index (Phi) is 5.71. The van der Waals surface area contributed by atoms with Crippen molar-refractivity contribution >= 4 is 35.0 Å². The molecule has 0 spiro atoms. The maximum atomic E-state index is 11.1.